The highest BCUT2D eigenvalue weighted by molar-refractivity contribution is 7.14. The van der Waals surface area contributed by atoms with Gasteiger partial charge in [-0.1, -0.05) is 30.3 Å². The van der Waals surface area contributed by atoms with Crippen LogP contribution in [0.3, 0.4) is 0 Å². The Hall–Kier alpha value is -4.59. The monoisotopic (exact) mass is 647 g/mol. The fourth-order valence-corrected chi connectivity index (χ4v) is 7.78. The van der Waals surface area contributed by atoms with E-state index in [0.717, 1.165) is 22.1 Å². The third-order valence-corrected chi connectivity index (χ3v) is 9.84. The molecule has 236 valence electrons. The maximum Gasteiger partial charge on any atom is 0.514 e. The van der Waals surface area contributed by atoms with Crippen molar-refractivity contribution in [2.75, 3.05) is 38.0 Å². The molecular weight excluding hydrogens is 620 g/mol. The van der Waals surface area contributed by atoms with Gasteiger partial charge >= 0.3 is 6.16 Å². The topological polar surface area (TPSA) is 99.5 Å². The summed E-state index contributed by atoms with van der Waals surface area (Å²) in [6.45, 7) is 1.37. The number of ether oxygens (including phenoxy) is 4. The predicted molar refractivity (Wildman–Crippen MR) is 162 cm³/mol. The zero-order chi connectivity index (χ0) is 31.5. The Morgan fingerprint density at radius 2 is 1.76 bits per heavy atom. The number of nitrogens with zero attached hydrogens (tertiary/aromatic N) is 3. The molecule has 0 saturated carbocycles. The number of aromatic nitrogens is 1. The van der Waals surface area contributed by atoms with Gasteiger partial charge in [-0.2, -0.15) is 0 Å². The lowest BCUT2D eigenvalue weighted by Crippen LogP contribution is -2.66. The van der Waals surface area contributed by atoms with Crippen molar-refractivity contribution >= 4 is 23.4 Å². The highest BCUT2D eigenvalue weighted by atomic mass is 32.1. The molecule has 13 heteroatoms. The first-order valence-corrected chi connectivity index (χ1v) is 15.8. The molecule has 2 saturated heterocycles. The second kappa shape index (κ2) is 11.3. The van der Waals surface area contributed by atoms with E-state index in [4.69, 9.17) is 18.9 Å². The van der Waals surface area contributed by atoms with Gasteiger partial charge in [0.25, 0.3) is 5.91 Å². The molecular formula is C33H27F2N3O7S. The van der Waals surface area contributed by atoms with Crippen LogP contribution in [-0.2, 0) is 14.2 Å². The molecule has 0 bridgehead atoms. The maximum absolute atomic E-state index is 15.9. The van der Waals surface area contributed by atoms with E-state index in [2.05, 4.69) is 0 Å². The van der Waals surface area contributed by atoms with Crippen LogP contribution in [0.1, 0.15) is 40.5 Å². The van der Waals surface area contributed by atoms with Crippen molar-refractivity contribution in [2.24, 2.45) is 0 Å². The number of carbonyl (C=O) groups is 2. The molecule has 4 aromatic rings. The lowest BCUT2D eigenvalue weighted by molar-refractivity contribution is -0.0209. The lowest BCUT2D eigenvalue weighted by atomic mass is 9.92. The van der Waals surface area contributed by atoms with Crippen LogP contribution in [0.4, 0.5) is 13.6 Å². The first-order valence-electron chi connectivity index (χ1n) is 15.0. The number of amides is 1. The SMILES string of the molecule is O=C(Oc1c2n(ccc1=O)N(C1c3ccccc3-c3sccc3-c3c1ccc(F)c3F)C1COCCN1C2=O)OC1CCOCC1. The van der Waals surface area contributed by atoms with E-state index in [0.29, 0.717) is 37.2 Å². The van der Waals surface area contributed by atoms with E-state index in [-0.39, 0.29) is 31.0 Å². The second-order valence-corrected chi connectivity index (χ2v) is 12.3. The Morgan fingerprint density at radius 3 is 2.61 bits per heavy atom. The molecule has 0 spiro atoms. The van der Waals surface area contributed by atoms with Crippen molar-refractivity contribution in [3.63, 3.8) is 0 Å². The van der Waals surface area contributed by atoms with Gasteiger partial charge in [-0.3, -0.25) is 19.3 Å². The van der Waals surface area contributed by atoms with Crippen LogP contribution in [0, 0.1) is 11.6 Å². The van der Waals surface area contributed by atoms with E-state index in [1.54, 1.807) is 17.0 Å². The quantitative estimate of drug-likeness (QED) is 0.285. The Morgan fingerprint density at radius 1 is 0.935 bits per heavy atom. The number of benzene rings is 2. The molecule has 10 nitrogen and oxygen atoms in total. The van der Waals surface area contributed by atoms with Crippen molar-refractivity contribution in [3.8, 4) is 27.3 Å². The van der Waals surface area contributed by atoms with Gasteiger partial charge in [-0.15, -0.1) is 11.3 Å². The van der Waals surface area contributed by atoms with E-state index in [1.165, 1.54) is 28.3 Å². The van der Waals surface area contributed by atoms with Crippen molar-refractivity contribution in [1.82, 2.24) is 9.58 Å². The number of hydrogen-bond donors (Lipinski definition) is 0. The number of rotatable bonds is 3. The Kier molecular flexibility index (Phi) is 7.11. The molecule has 0 N–H and O–H groups in total. The third kappa shape index (κ3) is 4.52. The fraction of sp³-hybridized carbons (Fsp3) is 0.303. The van der Waals surface area contributed by atoms with Gasteiger partial charge < -0.3 is 23.8 Å². The summed E-state index contributed by atoms with van der Waals surface area (Å²) in [4.78, 5) is 42.7. The summed E-state index contributed by atoms with van der Waals surface area (Å²) in [7, 11) is 0. The Labute approximate surface area is 265 Å². The number of morpholine rings is 1. The van der Waals surface area contributed by atoms with Gasteiger partial charge in [-0.25, -0.2) is 13.6 Å². The van der Waals surface area contributed by atoms with Crippen LogP contribution < -0.4 is 15.2 Å². The molecule has 2 unspecified atom stereocenters. The van der Waals surface area contributed by atoms with Crippen LogP contribution in [0.15, 0.2) is 64.9 Å². The molecule has 5 heterocycles. The molecule has 8 rings (SSSR count). The highest BCUT2D eigenvalue weighted by Crippen LogP contribution is 2.51. The molecule has 46 heavy (non-hydrogen) atoms. The fourth-order valence-electron chi connectivity index (χ4n) is 6.83. The molecule has 2 aromatic carbocycles. The Bertz CT molecular complexity index is 1940. The van der Waals surface area contributed by atoms with Gasteiger partial charge in [0.05, 0.1) is 32.5 Å². The van der Waals surface area contributed by atoms with Gasteiger partial charge in [0.15, 0.2) is 17.3 Å². The summed E-state index contributed by atoms with van der Waals surface area (Å²) in [5.41, 5.74) is 1.82. The predicted octanol–water partition coefficient (Wildman–Crippen LogP) is 5.07. The number of halogens is 2. The zero-order valence-electron chi connectivity index (χ0n) is 24.3. The minimum absolute atomic E-state index is 0.0960. The average molecular weight is 648 g/mol. The molecule has 1 amide bonds. The minimum atomic E-state index is -1.10. The largest absolute Gasteiger partial charge is 0.514 e. The van der Waals surface area contributed by atoms with Gasteiger partial charge in [0.2, 0.25) is 11.2 Å². The van der Waals surface area contributed by atoms with Crippen LogP contribution in [0.5, 0.6) is 5.75 Å². The second-order valence-electron chi connectivity index (χ2n) is 11.4. The van der Waals surface area contributed by atoms with Crippen molar-refractivity contribution in [1.29, 1.82) is 0 Å². The van der Waals surface area contributed by atoms with Crippen LogP contribution in [-0.4, -0.2) is 66.9 Å². The van der Waals surface area contributed by atoms with E-state index < -0.39 is 53.2 Å². The number of fused-ring (bicyclic) bond motifs is 7. The highest BCUT2D eigenvalue weighted by Gasteiger charge is 2.47. The third-order valence-electron chi connectivity index (χ3n) is 8.89. The van der Waals surface area contributed by atoms with Crippen LogP contribution in [0.2, 0.25) is 0 Å². The number of pyridine rings is 1. The summed E-state index contributed by atoms with van der Waals surface area (Å²) >= 11 is 1.42. The number of hydrogen-bond acceptors (Lipinski definition) is 9. The maximum atomic E-state index is 15.9. The molecule has 2 atom stereocenters. The van der Waals surface area contributed by atoms with Crippen molar-refractivity contribution in [3.05, 3.63) is 98.8 Å². The average Bonchev–Trinajstić information content (AvgIpc) is 3.51. The number of thiophene rings is 1. The van der Waals surface area contributed by atoms with Crippen molar-refractivity contribution < 1.29 is 37.3 Å². The summed E-state index contributed by atoms with van der Waals surface area (Å²) in [6.07, 6.45) is 0.122. The molecule has 0 radical (unpaired) electrons. The minimum Gasteiger partial charge on any atom is -0.430 e. The van der Waals surface area contributed by atoms with E-state index in [9.17, 15) is 18.8 Å². The smallest absolute Gasteiger partial charge is 0.430 e. The molecule has 3 aliphatic heterocycles. The first kappa shape index (κ1) is 28.9. The van der Waals surface area contributed by atoms with E-state index >= 15 is 4.39 Å². The summed E-state index contributed by atoms with van der Waals surface area (Å²) < 4.78 is 54.5. The normalized spacial score (nSPS) is 20.5. The lowest BCUT2D eigenvalue weighted by Gasteiger charge is -2.51. The molecule has 2 fully saturated rings. The molecule has 4 aliphatic rings. The van der Waals surface area contributed by atoms with Crippen molar-refractivity contribution in [2.45, 2.75) is 31.2 Å². The van der Waals surface area contributed by atoms with Gasteiger partial charge in [0.1, 0.15) is 12.3 Å². The summed E-state index contributed by atoms with van der Waals surface area (Å²) in [6, 6.07) is 12.4. The molecule has 1 aliphatic carbocycles. The van der Waals surface area contributed by atoms with Crippen LogP contribution >= 0.6 is 11.3 Å². The summed E-state index contributed by atoms with van der Waals surface area (Å²) in [5, 5.41) is 3.66. The van der Waals surface area contributed by atoms with Crippen LogP contribution in [0.25, 0.3) is 21.6 Å². The Balaban J connectivity index is 1.33. The summed E-state index contributed by atoms with van der Waals surface area (Å²) in [5.74, 6) is -2.99. The zero-order valence-corrected chi connectivity index (χ0v) is 25.1. The van der Waals surface area contributed by atoms with Gasteiger partial charge in [0, 0.05) is 47.7 Å². The number of carbonyl (C=O) groups excluding carboxylic acids is 2. The standard InChI is InChI=1S/C33H27F2N3O7S/c34-23-6-5-21-26(27(23)35)22-10-16-46-31(22)20-4-2-1-3-19(20)28(21)38-25-17-43-15-12-36(25)32(40)29-30(24(39)7-11-37(29)38)45-33(41)44-18-8-13-42-14-9-18/h1-7,10-11,16,18,25,28H,8-9,12-15,17H2. The first-order chi connectivity index (χ1) is 22.4. The van der Waals surface area contributed by atoms with Gasteiger partial charge in [-0.05, 0) is 34.2 Å². The molecule has 2 aromatic heterocycles. The van der Waals surface area contributed by atoms with E-state index in [1.807, 2.05) is 34.7 Å².